The summed E-state index contributed by atoms with van der Waals surface area (Å²) in [5, 5.41) is 14.7. The first-order valence-corrected chi connectivity index (χ1v) is 9.24. The van der Waals surface area contributed by atoms with Crippen molar-refractivity contribution >= 4 is 17.9 Å². The van der Waals surface area contributed by atoms with Crippen LogP contribution in [0.2, 0.25) is 0 Å². The number of piperidine rings is 1. The van der Waals surface area contributed by atoms with Crippen LogP contribution >= 0.6 is 0 Å². The van der Waals surface area contributed by atoms with E-state index in [-0.39, 0.29) is 49.6 Å². The van der Waals surface area contributed by atoms with Gasteiger partial charge in [0.25, 0.3) is 0 Å². The van der Waals surface area contributed by atoms with Gasteiger partial charge in [-0.3, -0.25) is 9.59 Å². The predicted octanol–water partition coefficient (Wildman–Crippen LogP) is 1.62. The van der Waals surface area contributed by atoms with Crippen molar-refractivity contribution in [2.24, 2.45) is 0 Å². The third-order valence-corrected chi connectivity index (χ3v) is 5.06. The Hall–Kier alpha value is -2.79. The third kappa shape index (κ3) is 4.98. The molecule has 0 spiro atoms. The summed E-state index contributed by atoms with van der Waals surface area (Å²) in [6, 6.07) is -0.813. The second-order valence-corrected chi connectivity index (χ2v) is 7.15. The first-order valence-electron chi connectivity index (χ1n) is 9.24. The number of aromatic nitrogens is 1. The van der Waals surface area contributed by atoms with Crippen LogP contribution in [0.25, 0.3) is 0 Å². The minimum absolute atomic E-state index is 0.0402. The van der Waals surface area contributed by atoms with Crippen molar-refractivity contribution in [1.29, 1.82) is 0 Å². The van der Waals surface area contributed by atoms with Gasteiger partial charge in [-0.05, 0) is 19.3 Å². The van der Waals surface area contributed by atoms with Gasteiger partial charge in [-0.15, -0.1) is 0 Å². The SMILES string of the molecule is O=C(O)NC(CC(=O)N1CCc2c(noc2C(F)(F)F)C1)CN1CCCCC1=O. The number of carbonyl (C=O) groups is 3. The molecule has 1 saturated heterocycles. The van der Waals surface area contributed by atoms with Gasteiger partial charge < -0.3 is 24.7 Å². The molecule has 2 aliphatic heterocycles. The van der Waals surface area contributed by atoms with Gasteiger partial charge in [-0.25, -0.2) is 4.79 Å². The van der Waals surface area contributed by atoms with E-state index in [1.807, 2.05) is 0 Å². The maximum absolute atomic E-state index is 12.9. The quantitative estimate of drug-likeness (QED) is 0.751. The molecule has 9 nitrogen and oxygen atoms in total. The molecule has 2 N–H and O–H groups in total. The van der Waals surface area contributed by atoms with Crippen LogP contribution in [0.15, 0.2) is 4.52 Å². The van der Waals surface area contributed by atoms with Gasteiger partial charge >= 0.3 is 12.3 Å². The van der Waals surface area contributed by atoms with E-state index in [9.17, 15) is 27.6 Å². The van der Waals surface area contributed by atoms with Crippen molar-refractivity contribution in [2.75, 3.05) is 19.6 Å². The summed E-state index contributed by atoms with van der Waals surface area (Å²) in [5.74, 6) is -1.67. The molecular weight excluding hydrogens is 397 g/mol. The van der Waals surface area contributed by atoms with Gasteiger partial charge in [0.2, 0.25) is 17.6 Å². The van der Waals surface area contributed by atoms with Crippen LogP contribution in [-0.4, -0.2) is 63.6 Å². The van der Waals surface area contributed by atoms with Gasteiger partial charge in [0.05, 0.1) is 12.6 Å². The fourth-order valence-electron chi connectivity index (χ4n) is 3.66. The first-order chi connectivity index (χ1) is 13.6. The van der Waals surface area contributed by atoms with Gasteiger partial charge in [-0.2, -0.15) is 13.2 Å². The number of carbonyl (C=O) groups excluding carboxylic acids is 2. The standard InChI is InChI=1S/C17H21F3N4O5/c18-17(19,20)15-11-4-6-24(9-12(11)22-29-15)14(26)7-10(21-16(27)28)8-23-5-2-1-3-13(23)25/h10,21H,1-9H2,(H,27,28). The molecule has 160 valence electrons. The Bertz CT molecular complexity index is 795. The van der Waals surface area contributed by atoms with Crippen LogP contribution in [-0.2, 0) is 28.7 Å². The van der Waals surface area contributed by atoms with Crippen LogP contribution < -0.4 is 5.32 Å². The summed E-state index contributed by atoms with van der Waals surface area (Å²) in [6.45, 7) is 0.462. The van der Waals surface area contributed by atoms with Crippen molar-refractivity contribution in [3.05, 3.63) is 17.0 Å². The molecule has 2 aliphatic rings. The summed E-state index contributed by atoms with van der Waals surface area (Å²) >= 11 is 0. The summed E-state index contributed by atoms with van der Waals surface area (Å²) in [7, 11) is 0. The second kappa shape index (κ2) is 8.29. The average Bonchev–Trinajstić information content (AvgIpc) is 3.06. The van der Waals surface area contributed by atoms with E-state index in [0.717, 1.165) is 12.8 Å². The summed E-state index contributed by atoms with van der Waals surface area (Å²) < 4.78 is 43.1. The number of alkyl halides is 3. The summed E-state index contributed by atoms with van der Waals surface area (Å²) in [4.78, 5) is 38.5. The molecular formula is C17H21F3N4O5. The minimum Gasteiger partial charge on any atom is -0.465 e. The number of halogens is 3. The number of nitrogens with zero attached hydrogens (tertiary/aromatic N) is 3. The Morgan fingerprint density at radius 2 is 2.00 bits per heavy atom. The summed E-state index contributed by atoms with van der Waals surface area (Å²) in [6.07, 6.45) is -4.27. The number of carboxylic acid groups (broad SMARTS) is 1. The number of rotatable bonds is 5. The lowest BCUT2D eigenvalue weighted by atomic mass is 10.0. The second-order valence-electron chi connectivity index (χ2n) is 7.15. The fraction of sp³-hybridized carbons (Fsp3) is 0.647. The molecule has 1 aromatic rings. The predicted molar refractivity (Wildman–Crippen MR) is 90.6 cm³/mol. The van der Waals surface area contributed by atoms with Gasteiger partial charge in [0.1, 0.15) is 5.69 Å². The van der Waals surface area contributed by atoms with Crippen molar-refractivity contribution < 1.29 is 37.2 Å². The van der Waals surface area contributed by atoms with E-state index in [1.54, 1.807) is 0 Å². The minimum atomic E-state index is -4.65. The van der Waals surface area contributed by atoms with Crippen molar-refractivity contribution in [2.45, 2.75) is 50.9 Å². The molecule has 0 bridgehead atoms. The Labute approximate surface area is 163 Å². The first kappa shape index (κ1) is 20.9. The highest BCUT2D eigenvalue weighted by molar-refractivity contribution is 5.79. The molecule has 1 unspecified atom stereocenters. The highest BCUT2D eigenvalue weighted by atomic mass is 19.4. The Morgan fingerprint density at radius 3 is 2.66 bits per heavy atom. The highest BCUT2D eigenvalue weighted by Gasteiger charge is 2.42. The molecule has 0 aliphatic carbocycles. The molecule has 12 heteroatoms. The topological polar surface area (TPSA) is 116 Å². The van der Waals surface area contributed by atoms with E-state index in [4.69, 9.17) is 5.11 Å². The maximum atomic E-state index is 12.9. The number of amides is 3. The average molecular weight is 418 g/mol. The Kier molecular flexibility index (Phi) is 5.99. The van der Waals surface area contributed by atoms with Crippen LogP contribution in [0.3, 0.4) is 0 Å². The van der Waals surface area contributed by atoms with Crippen molar-refractivity contribution in [3.8, 4) is 0 Å². The lowest BCUT2D eigenvalue weighted by molar-refractivity contribution is -0.156. The molecule has 0 radical (unpaired) electrons. The number of likely N-dealkylation sites (tertiary alicyclic amines) is 1. The van der Waals surface area contributed by atoms with Crippen LogP contribution in [0.5, 0.6) is 0 Å². The fourth-order valence-corrected chi connectivity index (χ4v) is 3.66. The number of fused-ring (bicyclic) bond motifs is 1. The van der Waals surface area contributed by atoms with Crippen molar-refractivity contribution in [1.82, 2.24) is 20.3 Å². The van der Waals surface area contributed by atoms with Gasteiger partial charge in [0, 0.05) is 38.0 Å². The molecule has 0 saturated carbocycles. The molecule has 1 atom stereocenters. The van der Waals surface area contributed by atoms with E-state index in [2.05, 4.69) is 15.0 Å². The van der Waals surface area contributed by atoms with Gasteiger partial charge in [-0.1, -0.05) is 5.16 Å². The normalized spacial score (nSPS) is 18.4. The largest absolute Gasteiger partial charge is 0.465 e. The van der Waals surface area contributed by atoms with Crippen LogP contribution in [0, 0.1) is 0 Å². The molecule has 3 heterocycles. The van der Waals surface area contributed by atoms with Crippen LogP contribution in [0.4, 0.5) is 18.0 Å². The molecule has 3 rings (SSSR count). The van der Waals surface area contributed by atoms with E-state index in [0.29, 0.717) is 13.0 Å². The monoisotopic (exact) mass is 418 g/mol. The molecule has 29 heavy (non-hydrogen) atoms. The molecule has 1 fully saturated rings. The zero-order valence-electron chi connectivity index (χ0n) is 15.5. The summed E-state index contributed by atoms with van der Waals surface area (Å²) in [5.41, 5.74) is -0.00782. The molecule has 0 aromatic carbocycles. The lowest BCUT2D eigenvalue weighted by Gasteiger charge is -2.32. The van der Waals surface area contributed by atoms with E-state index >= 15 is 0 Å². The van der Waals surface area contributed by atoms with E-state index in [1.165, 1.54) is 9.80 Å². The smallest absolute Gasteiger partial charge is 0.452 e. The number of hydrogen-bond acceptors (Lipinski definition) is 5. The van der Waals surface area contributed by atoms with Crippen LogP contribution in [0.1, 0.15) is 42.7 Å². The molecule has 3 amide bonds. The zero-order chi connectivity index (χ0) is 21.2. The number of hydrogen-bond donors (Lipinski definition) is 2. The van der Waals surface area contributed by atoms with E-state index < -0.39 is 30.0 Å². The number of nitrogens with one attached hydrogen (secondary N) is 1. The Balaban J connectivity index is 1.64. The third-order valence-electron chi connectivity index (χ3n) is 5.06. The molecule has 1 aromatic heterocycles. The van der Waals surface area contributed by atoms with Gasteiger partial charge in [0.15, 0.2) is 0 Å². The zero-order valence-corrected chi connectivity index (χ0v) is 15.5. The lowest BCUT2D eigenvalue weighted by Crippen LogP contribution is -2.49. The maximum Gasteiger partial charge on any atom is 0.452 e. The highest BCUT2D eigenvalue weighted by Crippen LogP contribution is 2.35. The Morgan fingerprint density at radius 1 is 1.24 bits per heavy atom. The van der Waals surface area contributed by atoms with Crippen molar-refractivity contribution in [3.63, 3.8) is 0 Å².